The fourth-order valence-corrected chi connectivity index (χ4v) is 5.17. The summed E-state index contributed by atoms with van der Waals surface area (Å²) in [5.41, 5.74) is 3.26. The molecule has 0 spiro atoms. The Morgan fingerprint density at radius 2 is 1.63 bits per heavy atom. The van der Waals surface area contributed by atoms with E-state index in [1.54, 1.807) is 74.1 Å². The molecule has 4 aromatic rings. The monoisotopic (exact) mass is 534 g/mol. The van der Waals surface area contributed by atoms with Gasteiger partial charge in [0.15, 0.2) is 0 Å². The van der Waals surface area contributed by atoms with Crippen molar-refractivity contribution in [3.8, 4) is 22.6 Å². The lowest BCUT2D eigenvalue weighted by atomic mass is 10.1. The molecular weight excluding hydrogens is 504 g/mol. The Kier molecular flexibility index (Phi) is 8.80. The number of para-hydroxylation sites is 1. The standard InChI is InChI=1S/C28H30N4O5S/c1-36-25-11-4-3-10-24(25)28(33)31-16-15-30-22-8-5-9-23(18-22)32-38(34,35)27-17-20(12-13-26(27)37-2)21-7-6-14-29-19-21/h3-14,17-19,28,30-33H,15-16H2,1-2H3. The number of pyridine rings is 1. The molecule has 0 saturated heterocycles. The minimum Gasteiger partial charge on any atom is -0.496 e. The molecule has 0 aliphatic heterocycles. The van der Waals surface area contributed by atoms with Crippen molar-refractivity contribution in [2.24, 2.45) is 0 Å². The molecule has 0 amide bonds. The average molecular weight is 535 g/mol. The summed E-state index contributed by atoms with van der Waals surface area (Å²) in [4.78, 5) is 4.13. The third-order valence-corrected chi connectivity index (χ3v) is 7.19. The molecule has 4 N–H and O–H groups in total. The first kappa shape index (κ1) is 26.9. The average Bonchev–Trinajstić information content (AvgIpc) is 2.95. The highest BCUT2D eigenvalue weighted by Crippen LogP contribution is 2.31. The van der Waals surface area contributed by atoms with E-state index in [-0.39, 0.29) is 10.6 Å². The summed E-state index contributed by atoms with van der Waals surface area (Å²) >= 11 is 0. The first-order valence-corrected chi connectivity index (χ1v) is 13.4. The molecule has 1 unspecified atom stereocenters. The molecule has 0 saturated carbocycles. The molecule has 9 nitrogen and oxygen atoms in total. The van der Waals surface area contributed by atoms with E-state index in [0.29, 0.717) is 35.7 Å². The van der Waals surface area contributed by atoms with E-state index < -0.39 is 16.3 Å². The zero-order chi connectivity index (χ0) is 27.0. The molecule has 4 rings (SSSR count). The molecule has 1 heterocycles. The first-order valence-electron chi connectivity index (χ1n) is 11.9. The third-order valence-electron chi connectivity index (χ3n) is 5.79. The number of nitrogens with zero attached hydrogens (tertiary/aromatic N) is 1. The SMILES string of the molecule is COc1ccccc1C(O)NCCNc1cccc(NS(=O)(=O)c2cc(-c3cccnc3)ccc2OC)c1. The summed E-state index contributed by atoms with van der Waals surface area (Å²) in [6, 6.07) is 22.8. The largest absolute Gasteiger partial charge is 0.496 e. The lowest BCUT2D eigenvalue weighted by molar-refractivity contribution is 0.137. The Morgan fingerprint density at radius 3 is 2.39 bits per heavy atom. The number of aromatic nitrogens is 1. The van der Waals surface area contributed by atoms with Gasteiger partial charge in [-0.3, -0.25) is 15.0 Å². The van der Waals surface area contributed by atoms with Gasteiger partial charge in [-0.05, 0) is 48.0 Å². The molecule has 3 aromatic carbocycles. The fourth-order valence-electron chi connectivity index (χ4n) is 3.92. The number of hydrogen-bond acceptors (Lipinski definition) is 8. The van der Waals surface area contributed by atoms with Gasteiger partial charge in [-0.25, -0.2) is 8.42 Å². The summed E-state index contributed by atoms with van der Waals surface area (Å²) in [5, 5.41) is 16.7. The number of rotatable bonds is 12. The topological polar surface area (TPSA) is 122 Å². The van der Waals surface area contributed by atoms with Crippen LogP contribution in [0.3, 0.4) is 0 Å². The number of aliphatic hydroxyl groups excluding tert-OH is 1. The number of anilines is 2. The summed E-state index contributed by atoms with van der Waals surface area (Å²) in [5.74, 6) is 0.835. The van der Waals surface area contributed by atoms with Crippen LogP contribution in [-0.4, -0.2) is 45.8 Å². The molecule has 38 heavy (non-hydrogen) atoms. The van der Waals surface area contributed by atoms with E-state index in [9.17, 15) is 13.5 Å². The maximum Gasteiger partial charge on any atom is 0.265 e. The molecule has 0 bridgehead atoms. The molecule has 1 atom stereocenters. The van der Waals surface area contributed by atoms with Crippen LogP contribution >= 0.6 is 0 Å². The van der Waals surface area contributed by atoms with E-state index in [0.717, 1.165) is 11.3 Å². The lowest BCUT2D eigenvalue weighted by Gasteiger charge is -2.17. The Balaban J connectivity index is 1.41. The van der Waals surface area contributed by atoms with Crippen molar-refractivity contribution in [2.45, 2.75) is 11.1 Å². The quantitative estimate of drug-likeness (QED) is 0.157. The fraction of sp³-hybridized carbons (Fsp3) is 0.179. The van der Waals surface area contributed by atoms with Gasteiger partial charge >= 0.3 is 0 Å². The smallest absolute Gasteiger partial charge is 0.265 e. The first-order chi connectivity index (χ1) is 18.4. The number of nitrogens with one attached hydrogen (secondary N) is 3. The van der Waals surface area contributed by atoms with E-state index >= 15 is 0 Å². The summed E-state index contributed by atoms with van der Waals surface area (Å²) in [6.07, 6.45) is 2.44. The van der Waals surface area contributed by atoms with Crippen LogP contribution in [0.5, 0.6) is 11.5 Å². The van der Waals surface area contributed by atoms with Crippen LogP contribution in [0.1, 0.15) is 11.8 Å². The van der Waals surface area contributed by atoms with Crippen molar-refractivity contribution >= 4 is 21.4 Å². The van der Waals surface area contributed by atoms with E-state index in [4.69, 9.17) is 9.47 Å². The summed E-state index contributed by atoms with van der Waals surface area (Å²) in [6.45, 7) is 0.941. The van der Waals surface area contributed by atoms with Crippen molar-refractivity contribution in [3.63, 3.8) is 0 Å². The highest BCUT2D eigenvalue weighted by Gasteiger charge is 2.21. The lowest BCUT2D eigenvalue weighted by Crippen LogP contribution is -2.27. The normalized spacial score (nSPS) is 12.0. The zero-order valence-corrected chi connectivity index (χ0v) is 21.9. The van der Waals surface area contributed by atoms with Crippen molar-refractivity contribution in [1.82, 2.24) is 10.3 Å². The molecular formula is C28H30N4O5S. The minimum absolute atomic E-state index is 0.0224. The number of aliphatic hydroxyl groups is 1. The number of ether oxygens (including phenoxy) is 2. The number of sulfonamides is 1. The van der Waals surface area contributed by atoms with E-state index in [1.807, 2.05) is 24.3 Å². The Labute approximate surface area is 222 Å². The number of methoxy groups -OCH3 is 2. The van der Waals surface area contributed by atoms with E-state index in [2.05, 4.69) is 20.3 Å². The van der Waals surface area contributed by atoms with Crippen molar-refractivity contribution in [1.29, 1.82) is 0 Å². The Bertz CT molecular complexity index is 1470. The van der Waals surface area contributed by atoms with Gasteiger partial charge in [0.25, 0.3) is 10.0 Å². The predicted octanol–water partition coefficient (Wildman–Crippen LogP) is 4.26. The number of benzene rings is 3. The van der Waals surface area contributed by atoms with Crippen LogP contribution in [-0.2, 0) is 10.0 Å². The highest BCUT2D eigenvalue weighted by molar-refractivity contribution is 7.92. The minimum atomic E-state index is -3.96. The molecule has 198 valence electrons. The van der Waals surface area contributed by atoms with Crippen LogP contribution in [0.4, 0.5) is 11.4 Å². The van der Waals surface area contributed by atoms with Crippen LogP contribution in [0.25, 0.3) is 11.1 Å². The maximum absolute atomic E-state index is 13.3. The molecule has 0 fully saturated rings. The molecule has 1 aromatic heterocycles. The van der Waals surface area contributed by atoms with Crippen LogP contribution in [0.2, 0.25) is 0 Å². The summed E-state index contributed by atoms with van der Waals surface area (Å²) < 4.78 is 39.9. The summed E-state index contributed by atoms with van der Waals surface area (Å²) in [7, 11) is -0.968. The van der Waals surface area contributed by atoms with Gasteiger partial charge in [0.2, 0.25) is 0 Å². The zero-order valence-electron chi connectivity index (χ0n) is 21.1. The molecule has 0 aliphatic carbocycles. The van der Waals surface area contributed by atoms with Crippen LogP contribution in [0, 0.1) is 0 Å². The highest BCUT2D eigenvalue weighted by atomic mass is 32.2. The Hall–Kier alpha value is -4.12. The van der Waals surface area contributed by atoms with Crippen molar-refractivity contribution < 1.29 is 23.0 Å². The van der Waals surface area contributed by atoms with Crippen molar-refractivity contribution in [2.75, 3.05) is 37.3 Å². The van der Waals surface area contributed by atoms with Gasteiger partial charge in [-0.15, -0.1) is 0 Å². The van der Waals surface area contributed by atoms with Gasteiger partial charge in [-0.2, -0.15) is 0 Å². The molecule has 0 aliphatic rings. The molecule has 0 radical (unpaired) electrons. The molecule has 10 heteroatoms. The van der Waals surface area contributed by atoms with Gasteiger partial charge in [0.05, 0.1) is 19.9 Å². The maximum atomic E-state index is 13.3. The van der Waals surface area contributed by atoms with Crippen LogP contribution in [0.15, 0.2) is 96.2 Å². The predicted molar refractivity (Wildman–Crippen MR) is 148 cm³/mol. The van der Waals surface area contributed by atoms with Gasteiger partial charge < -0.3 is 19.9 Å². The van der Waals surface area contributed by atoms with Crippen LogP contribution < -0.4 is 24.8 Å². The Morgan fingerprint density at radius 1 is 0.842 bits per heavy atom. The second-order valence-electron chi connectivity index (χ2n) is 8.32. The third kappa shape index (κ3) is 6.60. The van der Waals surface area contributed by atoms with Gasteiger partial charge in [0.1, 0.15) is 22.6 Å². The second kappa shape index (κ2) is 12.4. The van der Waals surface area contributed by atoms with E-state index in [1.165, 1.54) is 7.11 Å². The van der Waals surface area contributed by atoms with Crippen molar-refractivity contribution in [3.05, 3.63) is 96.8 Å². The van der Waals surface area contributed by atoms with Gasteiger partial charge in [-0.1, -0.05) is 36.4 Å². The number of hydrogen-bond donors (Lipinski definition) is 4. The van der Waals surface area contributed by atoms with Gasteiger partial charge in [0, 0.05) is 42.3 Å². The second-order valence-corrected chi connectivity index (χ2v) is 9.97.